The van der Waals surface area contributed by atoms with E-state index in [0.29, 0.717) is 11.8 Å². The van der Waals surface area contributed by atoms with Crippen LogP contribution in [-0.4, -0.2) is 11.7 Å². The molecule has 0 saturated carbocycles. The molecule has 3 rings (SSSR count). The van der Waals surface area contributed by atoms with Crippen molar-refractivity contribution in [3.8, 4) is 5.75 Å². The first-order chi connectivity index (χ1) is 8.27. The van der Waals surface area contributed by atoms with Gasteiger partial charge in [-0.15, -0.1) is 0 Å². The van der Waals surface area contributed by atoms with Crippen molar-refractivity contribution in [2.24, 2.45) is 0 Å². The third-order valence-corrected chi connectivity index (χ3v) is 4.63. The minimum atomic E-state index is 0.361. The van der Waals surface area contributed by atoms with Crippen LogP contribution in [0.15, 0.2) is 10.5 Å². The Balaban J connectivity index is 2.12. The van der Waals surface area contributed by atoms with Gasteiger partial charge in [0.05, 0.1) is 4.47 Å². The first-order valence-corrected chi connectivity index (χ1v) is 7.33. The maximum atomic E-state index is 10.3. The molecule has 2 nitrogen and oxygen atoms in total. The molecule has 1 fully saturated rings. The van der Waals surface area contributed by atoms with Crippen LogP contribution in [0, 0.1) is 0 Å². The maximum absolute atomic E-state index is 10.3. The highest BCUT2D eigenvalue weighted by molar-refractivity contribution is 9.10. The summed E-state index contributed by atoms with van der Waals surface area (Å²) in [6.45, 7) is 1.07. The van der Waals surface area contributed by atoms with Gasteiger partial charge in [-0.3, -0.25) is 0 Å². The van der Waals surface area contributed by atoms with Gasteiger partial charge in [0.15, 0.2) is 0 Å². The summed E-state index contributed by atoms with van der Waals surface area (Å²) in [5, 5.41) is 13.8. The third-order valence-electron chi connectivity index (χ3n) is 4.03. The molecular weight excluding hydrogens is 278 g/mol. The molecule has 1 heterocycles. The van der Waals surface area contributed by atoms with E-state index in [4.69, 9.17) is 0 Å². The fraction of sp³-hybridized carbons (Fsp3) is 0.571. The Hall–Kier alpha value is -0.540. The second-order valence-electron chi connectivity index (χ2n) is 5.11. The van der Waals surface area contributed by atoms with E-state index in [1.54, 1.807) is 0 Å². The topological polar surface area (TPSA) is 32.3 Å². The number of phenols is 1. The summed E-state index contributed by atoms with van der Waals surface area (Å²) in [7, 11) is 0. The van der Waals surface area contributed by atoms with E-state index in [1.807, 2.05) is 0 Å². The molecule has 1 aliphatic carbocycles. The molecule has 3 heteroatoms. The number of aromatic hydroxyl groups is 1. The molecular formula is C14H18BrNO. The maximum Gasteiger partial charge on any atom is 0.134 e. The van der Waals surface area contributed by atoms with Crippen LogP contribution in [-0.2, 0) is 12.8 Å². The first kappa shape index (κ1) is 11.5. The fourth-order valence-electron chi connectivity index (χ4n) is 3.19. The highest BCUT2D eigenvalue weighted by atomic mass is 79.9. The Kier molecular flexibility index (Phi) is 3.14. The van der Waals surface area contributed by atoms with Crippen LogP contribution in [0.2, 0.25) is 0 Å². The van der Waals surface area contributed by atoms with E-state index < -0.39 is 0 Å². The molecule has 1 saturated heterocycles. The molecule has 0 spiro atoms. The lowest BCUT2D eigenvalue weighted by Gasteiger charge is -2.24. The average Bonchev–Trinajstić information content (AvgIpc) is 2.84. The average molecular weight is 296 g/mol. The van der Waals surface area contributed by atoms with Crippen molar-refractivity contribution in [1.82, 2.24) is 5.32 Å². The van der Waals surface area contributed by atoms with E-state index in [-0.39, 0.29) is 0 Å². The summed E-state index contributed by atoms with van der Waals surface area (Å²) in [6, 6.07) is 2.47. The molecule has 17 heavy (non-hydrogen) atoms. The number of phenolic OH excluding ortho intramolecular Hbond substituents is 1. The number of nitrogens with one attached hydrogen (secondary N) is 1. The van der Waals surface area contributed by atoms with Crippen LogP contribution in [0.25, 0.3) is 0 Å². The van der Waals surface area contributed by atoms with Crippen LogP contribution in [0.3, 0.4) is 0 Å². The smallest absolute Gasteiger partial charge is 0.134 e. The zero-order valence-corrected chi connectivity index (χ0v) is 11.5. The van der Waals surface area contributed by atoms with E-state index in [2.05, 4.69) is 27.3 Å². The lowest BCUT2D eigenvalue weighted by molar-refractivity contribution is 0.449. The van der Waals surface area contributed by atoms with Crippen molar-refractivity contribution in [2.75, 3.05) is 6.54 Å². The van der Waals surface area contributed by atoms with E-state index in [9.17, 15) is 5.11 Å². The second kappa shape index (κ2) is 4.62. The Bertz CT molecular complexity index is 438. The van der Waals surface area contributed by atoms with Gasteiger partial charge in [0, 0.05) is 11.6 Å². The summed E-state index contributed by atoms with van der Waals surface area (Å²) in [6.07, 6.45) is 7.19. The lowest BCUT2D eigenvalue weighted by atomic mass is 9.85. The highest BCUT2D eigenvalue weighted by Crippen LogP contribution is 2.42. The van der Waals surface area contributed by atoms with Gasteiger partial charge >= 0.3 is 0 Å². The quantitative estimate of drug-likeness (QED) is 0.832. The normalized spacial score (nSPS) is 23.7. The van der Waals surface area contributed by atoms with Crippen LogP contribution in [0.1, 0.15) is 48.4 Å². The standard InChI is InChI=1S/C14H18BrNO/c15-11-8-9-4-1-2-5-10(9)13(14(11)17)12-6-3-7-16-12/h8,12,16-17H,1-7H2. The number of rotatable bonds is 1. The summed E-state index contributed by atoms with van der Waals surface area (Å²) in [5.41, 5.74) is 4.02. The molecule has 0 bridgehead atoms. The number of benzene rings is 1. The molecule has 1 atom stereocenters. The molecule has 2 aliphatic rings. The van der Waals surface area contributed by atoms with E-state index in [1.165, 1.54) is 36.0 Å². The Morgan fingerprint density at radius 2 is 2.06 bits per heavy atom. The molecule has 1 aromatic rings. The molecule has 1 aliphatic heterocycles. The van der Waals surface area contributed by atoms with Gasteiger partial charge in [0.25, 0.3) is 0 Å². The lowest BCUT2D eigenvalue weighted by Crippen LogP contribution is -2.17. The highest BCUT2D eigenvalue weighted by Gasteiger charge is 2.26. The van der Waals surface area contributed by atoms with Crippen molar-refractivity contribution in [1.29, 1.82) is 0 Å². The van der Waals surface area contributed by atoms with E-state index in [0.717, 1.165) is 30.3 Å². The molecule has 0 amide bonds. The monoisotopic (exact) mass is 295 g/mol. The minimum absolute atomic E-state index is 0.361. The number of aryl methyl sites for hydroxylation is 1. The first-order valence-electron chi connectivity index (χ1n) is 6.54. The van der Waals surface area contributed by atoms with Crippen molar-refractivity contribution >= 4 is 15.9 Å². The molecule has 0 radical (unpaired) electrons. The van der Waals surface area contributed by atoms with E-state index >= 15 is 0 Å². The largest absolute Gasteiger partial charge is 0.506 e. The second-order valence-corrected chi connectivity index (χ2v) is 5.97. The summed E-state index contributed by atoms with van der Waals surface area (Å²) in [4.78, 5) is 0. The van der Waals surface area contributed by atoms with Gasteiger partial charge in [-0.1, -0.05) is 0 Å². The number of fused-ring (bicyclic) bond motifs is 1. The SMILES string of the molecule is Oc1c(Br)cc2c(c1C1CCCN1)CCCC2. The van der Waals surface area contributed by atoms with Gasteiger partial charge in [0.1, 0.15) is 5.75 Å². The van der Waals surface area contributed by atoms with Crippen molar-refractivity contribution in [3.63, 3.8) is 0 Å². The Morgan fingerprint density at radius 3 is 2.82 bits per heavy atom. The number of hydrogen-bond donors (Lipinski definition) is 2. The Morgan fingerprint density at radius 1 is 1.24 bits per heavy atom. The van der Waals surface area contributed by atoms with Crippen molar-refractivity contribution in [3.05, 3.63) is 27.2 Å². The van der Waals surface area contributed by atoms with Crippen molar-refractivity contribution < 1.29 is 5.11 Å². The van der Waals surface area contributed by atoms with Gasteiger partial charge in [-0.2, -0.15) is 0 Å². The fourth-order valence-corrected chi connectivity index (χ4v) is 3.68. The van der Waals surface area contributed by atoms with Gasteiger partial charge in [0.2, 0.25) is 0 Å². The predicted molar refractivity (Wildman–Crippen MR) is 72.4 cm³/mol. The van der Waals surface area contributed by atoms with Crippen LogP contribution < -0.4 is 5.32 Å². The zero-order chi connectivity index (χ0) is 11.8. The summed E-state index contributed by atoms with van der Waals surface area (Å²) < 4.78 is 0.863. The summed E-state index contributed by atoms with van der Waals surface area (Å²) in [5.74, 6) is 0.463. The van der Waals surface area contributed by atoms with Gasteiger partial charge in [-0.25, -0.2) is 0 Å². The van der Waals surface area contributed by atoms with Gasteiger partial charge in [-0.05, 0) is 78.2 Å². The molecule has 1 aromatic carbocycles. The predicted octanol–water partition coefficient (Wildman–Crippen LogP) is 3.46. The molecule has 1 unspecified atom stereocenters. The third kappa shape index (κ3) is 2.00. The van der Waals surface area contributed by atoms with Gasteiger partial charge < -0.3 is 10.4 Å². The van der Waals surface area contributed by atoms with Crippen LogP contribution >= 0.6 is 15.9 Å². The summed E-state index contributed by atoms with van der Waals surface area (Å²) >= 11 is 3.49. The molecule has 0 aromatic heterocycles. The zero-order valence-electron chi connectivity index (χ0n) is 9.93. The van der Waals surface area contributed by atoms with Crippen LogP contribution in [0.5, 0.6) is 5.75 Å². The van der Waals surface area contributed by atoms with Crippen LogP contribution in [0.4, 0.5) is 0 Å². The Labute approximate surface area is 111 Å². The molecule has 2 N–H and O–H groups in total. The molecule has 92 valence electrons. The van der Waals surface area contributed by atoms with Crippen molar-refractivity contribution in [2.45, 2.75) is 44.6 Å². The number of hydrogen-bond acceptors (Lipinski definition) is 2. The minimum Gasteiger partial charge on any atom is -0.506 e. The number of halogens is 1.